The molecule has 2 aromatic rings. The Bertz CT molecular complexity index is 1160. The number of anilines is 3. The summed E-state index contributed by atoms with van der Waals surface area (Å²) in [5, 5.41) is 2.89. The quantitative estimate of drug-likeness (QED) is 0.499. The molecule has 0 radical (unpaired) electrons. The van der Waals surface area contributed by atoms with Gasteiger partial charge in [-0.25, -0.2) is 4.98 Å². The van der Waals surface area contributed by atoms with E-state index < -0.39 is 0 Å². The van der Waals surface area contributed by atoms with Crippen molar-refractivity contribution in [3.05, 3.63) is 48.2 Å². The molecule has 1 aromatic carbocycles. The number of carbonyl (C=O) groups excluding carboxylic acids is 3. The Kier molecular flexibility index (Phi) is 8.82. The number of nitrogens with one attached hydrogen (secondary N) is 1. The van der Waals surface area contributed by atoms with Crippen molar-refractivity contribution in [1.29, 1.82) is 0 Å². The fraction of sp³-hybridized carbons (Fsp3) is 0.533. The number of amides is 3. The fourth-order valence-electron chi connectivity index (χ4n) is 5.34. The minimum atomic E-state index is -0.304. The maximum absolute atomic E-state index is 13.7. The van der Waals surface area contributed by atoms with Gasteiger partial charge in [0.2, 0.25) is 11.8 Å². The third-order valence-corrected chi connectivity index (χ3v) is 8.12. The summed E-state index contributed by atoms with van der Waals surface area (Å²) >= 11 is 0. The molecule has 0 aliphatic carbocycles. The van der Waals surface area contributed by atoms with Crippen LogP contribution in [0.2, 0.25) is 0 Å². The Morgan fingerprint density at radius 1 is 1.11 bits per heavy atom. The monoisotopic (exact) mass is 519 g/mol. The number of nitrogens with zero attached hydrogens (tertiary/aromatic N) is 4. The van der Waals surface area contributed by atoms with Crippen molar-refractivity contribution in [1.82, 2.24) is 14.8 Å². The van der Waals surface area contributed by atoms with Crippen LogP contribution in [-0.2, 0) is 9.59 Å². The van der Waals surface area contributed by atoms with Crippen LogP contribution in [0.1, 0.15) is 70.2 Å². The van der Waals surface area contributed by atoms with E-state index >= 15 is 0 Å². The summed E-state index contributed by atoms with van der Waals surface area (Å²) in [5.74, 6) is 0.971. The van der Waals surface area contributed by atoms with Crippen molar-refractivity contribution in [3.8, 4) is 0 Å². The Labute approximate surface area is 226 Å². The number of piperidine rings is 1. The minimum absolute atomic E-state index is 0.0945. The van der Waals surface area contributed by atoms with Gasteiger partial charge in [0, 0.05) is 24.7 Å². The molecule has 8 heteroatoms. The zero-order valence-electron chi connectivity index (χ0n) is 23.2. The van der Waals surface area contributed by atoms with Gasteiger partial charge in [0.05, 0.1) is 23.5 Å². The Balaban J connectivity index is 1.33. The maximum atomic E-state index is 13.7. The highest BCUT2D eigenvalue weighted by molar-refractivity contribution is 6.17. The molecule has 204 valence electrons. The van der Waals surface area contributed by atoms with Crippen molar-refractivity contribution < 1.29 is 14.4 Å². The van der Waals surface area contributed by atoms with E-state index in [1.54, 1.807) is 41.4 Å². The molecule has 3 amide bonds. The summed E-state index contributed by atoms with van der Waals surface area (Å²) in [5.41, 5.74) is 1.24. The first-order valence-corrected chi connectivity index (χ1v) is 13.9. The number of likely N-dealkylation sites (tertiary alicyclic amines) is 1. The molecule has 2 aliphatic rings. The second kappa shape index (κ2) is 12.1. The number of hydrogen-bond donors (Lipinski definition) is 1. The molecule has 3 heterocycles. The smallest absolute Gasteiger partial charge is 0.257 e. The Hall–Kier alpha value is -3.26. The molecule has 0 unspecified atom stereocenters. The first-order chi connectivity index (χ1) is 18.2. The zero-order chi connectivity index (χ0) is 27.3. The lowest BCUT2D eigenvalue weighted by Crippen LogP contribution is -2.43. The lowest BCUT2D eigenvalue weighted by Gasteiger charge is -2.34. The molecule has 38 heavy (non-hydrogen) atoms. The highest BCUT2D eigenvalue weighted by Crippen LogP contribution is 2.36. The second-order valence-corrected chi connectivity index (χ2v) is 11.1. The number of fused-ring (bicyclic) bond motifs is 2. The lowest BCUT2D eigenvalue weighted by molar-refractivity contribution is -0.140. The van der Waals surface area contributed by atoms with Crippen LogP contribution >= 0.6 is 0 Å². The van der Waals surface area contributed by atoms with E-state index in [0.29, 0.717) is 28.7 Å². The molecular weight excluding hydrogens is 478 g/mol. The van der Waals surface area contributed by atoms with Crippen LogP contribution in [0.5, 0.6) is 0 Å². The lowest BCUT2D eigenvalue weighted by atomic mass is 9.88. The van der Waals surface area contributed by atoms with Crippen molar-refractivity contribution in [2.75, 3.05) is 42.9 Å². The van der Waals surface area contributed by atoms with Gasteiger partial charge in [-0.1, -0.05) is 32.9 Å². The predicted octanol–water partition coefficient (Wildman–Crippen LogP) is 5.09. The summed E-state index contributed by atoms with van der Waals surface area (Å²) in [4.78, 5) is 49.5. The van der Waals surface area contributed by atoms with Gasteiger partial charge in [-0.05, 0) is 82.3 Å². The van der Waals surface area contributed by atoms with Gasteiger partial charge < -0.3 is 10.2 Å². The van der Waals surface area contributed by atoms with E-state index in [4.69, 9.17) is 0 Å². The van der Waals surface area contributed by atoms with Crippen LogP contribution in [0.4, 0.5) is 17.2 Å². The van der Waals surface area contributed by atoms with Gasteiger partial charge in [-0.15, -0.1) is 0 Å². The number of aromatic nitrogens is 1. The van der Waals surface area contributed by atoms with Crippen LogP contribution in [0, 0.1) is 11.3 Å². The Morgan fingerprint density at radius 2 is 1.84 bits per heavy atom. The first-order valence-electron chi connectivity index (χ1n) is 13.9. The molecule has 1 aromatic heterocycles. The standard InChI is InChI=1S/C30H41N5O3/c1-5-30(3,4)29(38)34(6-2)18-10-11-22-15-19-33(20-16-22)21-26(36)35-25-14-8-7-12-23(25)28(37)32-24-13-9-17-31-27(24)35/h7-9,12-14,17,22H,5-6,10-11,15-16,18-21H2,1-4H3,(H,32,37). The average Bonchev–Trinajstić information content (AvgIpc) is 3.05. The van der Waals surface area contributed by atoms with Crippen LogP contribution in [-0.4, -0.2) is 65.2 Å². The Morgan fingerprint density at radius 3 is 2.55 bits per heavy atom. The molecule has 2 aliphatic heterocycles. The maximum Gasteiger partial charge on any atom is 0.257 e. The second-order valence-electron chi connectivity index (χ2n) is 11.1. The highest BCUT2D eigenvalue weighted by atomic mass is 16.2. The number of pyridine rings is 1. The summed E-state index contributed by atoms with van der Waals surface area (Å²) in [7, 11) is 0. The molecule has 0 spiro atoms. The van der Waals surface area contributed by atoms with E-state index in [1.807, 2.05) is 24.8 Å². The fourth-order valence-corrected chi connectivity index (χ4v) is 5.34. The van der Waals surface area contributed by atoms with Crippen LogP contribution in [0.25, 0.3) is 0 Å². The van der Waals surface area contributed by atoms with Crippen LogP contribution < -0.4 is 10.2 Å². The highest BCUT2D eigenvalue weighted by Gasteiger charge is 2.32. The van der Waals surface area contributed by atoms with Crippen LogP contribution in [0.3, 0.4) is 0 Å². The normalized spacial score (nSPS) is 16.3. The number of hydrogen-bond acceptors (Lipinski definition) is 5. The molecule has 4 rings (SSSR count). The van der Waals surface area contributed by atoms with Crippen molar-refractivity contribution in [3.63, 3.8) is 0 Å². The van der Waals surface area contributed by atoms with Gasteiger partial charge >= 0.3 is 0 Å². The molecule has 0 bridgehead atoms. The predicted molar refractivity (Wildman–Crippen MR) is 151 cm³/mol. The van der Waals surface area contributed by atoms with E-state index in [0.717, 1.165) is 58.3 Å². The van der Waals surface area contributed by atoms with E-state index in [2.05, 4.69) is 29.0 Å². The van der Waals surface area contributed by atoms with E-state index in [-0.39, 0.29) is 29.7 Å². The van der Waals surface area contributed by atoms with Crippen LogP contribution in [0.15, 0.2) is 42.6 Å². The van der Waals surface area contributed by atoms with Gasteiger partial charge in [-0.3, -0.25) is 24.2 Å². The van der Waals surface area contributed by atoms with Crippen molar-refractivity contribution in [2.45, 2.75) is 59.8 Å². The van der Waals surface area contributed by atoms with Gasteiger partial charge in [0.15, 0.2) is 5.82 Å². The van der Waals surface area contributed by atoms with Crippen molar-refractivity contribution >= 4 is 34.9 Å². The molecule has 0 atom stereocenters. The minimum Gasteiger partial charge on any atom is -0.343 e. The molecule has 0 saturated carbocycles. The SMILES string of the molecule is CCN(CCCC1CCN(CC(=O)N2c3ccccc3C(=O)Nc3cccnc32)CC1)C(=O)C(C)(C)CC. The van der Waals surface area contributed by atoms with E-state index in [1.165, 1.54) is 0 Å². The van der Waals surface area contributed by atoms with Gasteiger partial charge in [0.1, 0.15) is 0 Å². The molecule has 1 fully saturated rings. The topological polar surface area (TPSA) is 85.8 Å². The third kappa shape index (κ3) is 6.07. The number of rotatable bonds is 9. The van der Waals surface area contributed by atoms with E-state index in [9.17, 15) is 14.4 Å². The summed E-state index contributed by atoms with van der Waals surface area (Å²) in [6, 6.07) is 10.7. The largest absolute Gasteiger partial charge is 0.343 e. The number of benzene rings is 1. The first kappa shape index (κ1) is 27.8. The number of para-hydroxylation sites is 1. The summed E-state index contributed by atoms with van der Waals surface area (Å²) < 4.78 is 0. The molecular formula is C30H41N5O3. The molecule has 1 saturated heterocycles. The van der Waals surface area contributed by atoms with Gasteiger partial charge in [-0.2, -0.15) is 0 Å². The van der Waals surface area contributed by atoms with Gasteiger partial charge in [0.25, 0.3) is 5.91 Å². The van der Waals surface area contributed by atoms with Crippen molar-refractivity contribution in [2.24, 2.45) is 11.3 Å². The number of carbonyl (C=O) groups is 3. The zero-order valence-corrected chi connectivity index (χ0v) is 23.2. The molecule has 8 nitrogen and oxygen atoms in total. The molecule has 1 N–H and O–H groups in total. The summed E-state index contributed by atoms with van der Waals surface area (Å²) in [6.45, 7) is 11.7. The average molecular weight is 520 g/mol. The third-order valence-electron chi connectivity index (χ3n) is 8.12. The summed E-state index contributed by atoms with van der Waals surface area (Å²) in [6.07, 6.45) is 6.68.